The van der Waals surface area contributed by atoms with Gasteiger partial charge in [-0.05, 0) is 49.2 Å². The summed E-state index contributed by atoms with van der Waals surface area (Å²) in [5.41, 5.74) is 1.76. The van der Waals surface area contributed by atoms with E-state index < -0.39 is 11.7 Å². The average Bonchev–Trinajstić information content (AvgIpc) is 3.24. The van der Waals surface area contributed by atoms with E-state index in [0.29, 0.717) is 17.0 Å². The summed E-state index contributed by atoms with van der Waals surface area (Å²) in [7, 11) is 0. The summed E-state index contributed by atoms with van der Waals surface area (Å²) in [6.07, 6.45) is -1.85. The number of carbonyl (C=O) groups excluding carboxylic acids is 1. The van der Waals surface area contributed by atoms with Gasteiger partial charge in [-0.15, -0.1) is 11.3 Å². The summed E-state index contributed by atoms with van der Waals surface area (Å²) >= 11 is 1.31. The molecule has 3 aromatic rings. The Bertz CT molecular complexity index is 1100. The second kappa shape index (κ2) is 6.94. The number of aromatic nitrogens is 1. The first-order valence-electron chi connectivity index (χ1n) is 8.64. The zero-order chi connectivity index (χ0) is 19.9. The predicted octanol–water partition coefficient (Wildman–Crippen LogP) is 4.95. The Balaban J connectivity index is 1.69. The van der Waals surface area contributed by atoms with Crippen LogP contribution in [0.2, 0.25) is 0 Å². The van der Waals surface area contributed by atoms with E-state index in [9.17, 15) is 18.0 Å². The zero-order valence-electron chi connectivity index (χ0n) is 14.9. The van der Waals surface area contributed by atoms with Crippen LogP contribution in [-0.4, -0.2) is 17.1 Å². The van der Waals surface area contributed by atoms with Crippen molar-refractivity contribution >= 4 is 23.1 Å². The molecule has 1 aliphatic rings. The second-order valence-corrected chi connectivity index (χ2v) is 7.68. The first-order chi connectivity index (χ1) is 13.3. The predicted molar refractivity (Wildman–Crippen MR) is 102 cm³/mol. The minimum absolute atomic E-state index is 0.382. The van der Waals surface area contributed by atoms with Crippen molar-refractivity contribution in [3.8, 4) is 5.69 Å². The highest BCUT2D eigenvalue weighted by atomic mass is 32.1. The molecule has 2 heterocycles. The van der Waals surface area contributed by atoms with Crippen LogP contribution >= 0.6 is 11.3 Å². The summed E-state index contributed by atoms with van der Waals surface area (Å²) in [5, 5.41) is 0. The van der Waals surface area contributed by atoms with Gasteiger partial charge in [0.1, 0.15) is 0 Å². The van der Waals surface area contributed by atoms with E-state index in [1.165, 1.54) is 23.5 Å². The lowest BCUT2D eigenvalue weighted by Crippen LogP contribution is -2.28. The number of halogens is 3. The Morgan fingerprint density at radius 1 is 1.11 bits per heavy atom. The fraction of sp³-hybridized carbons (Fsp3) is 0.200. The van der Waals surface area contributed by atoms with Gasteiger partial charge in [-0.25, -0.2) is 4.79 Å². The SMILES string of the molecule is Cc1cn(-c2ccc(C(F)(F)F)cc2)/c(=N/C(=O)N2CCc3ccccc32)s1. The lowest BCUT2D eigenvalue weighted by atomic mass is 10.2. The van der Waals surface area contributed by atoms with E-state index in [1.54, 1.807) is 15.7 Å². The molecule has 0 atom stereocenters. The zero-order valence-corrected chi connectivity index (χ0v) is 15.7. The summed E-state index contributed by atoms with van der Waals surface area (Å²) in [5.74, 6) is 0. The molecule has 1 aromatic heterocycles. The van der Waals surface area contributed by atoms with Crippen LogP contribution in [0.15, 0.2) is 59.7 Å². The van der Waals surface area contributed by atoms with Gasteiger partial charge in [0.15, 0.2) is 4.80 Å². The number of hydrogen-bond acceptors (Lipinski definition) is 2. The van der Waals surface area contributed by atoms with Crippen LogP contribution in [0.5, 0.6) is 0 Å². The fourth-order valence-electron chi connectivity index (χ4n) is 3.21. The van der Waals surface area contributed by atoms with Crippen molar-refractivity contribution in [2.75, 3.05) is 11.4 Å². The van der Waals surface area contributed by atoms with Gasteiger partial charge in [-0.1, -0.05) is 18.2 Å². The number of hydrogen-bond donors (Lipinski definition) is 0. The molecule has 144 valence electrons. The third kappa shape index (κ3) is 3.47. The van der Waals surface area contributed by atoms with Crippen LogP contribution in [0.1, 0.15) is 16.0 Å². The first kappa shape index (κ1) is 18.5. The molecule has 0 saturated heterocycles. The Morgan fingerprint density at radius 2 is 1.82 bits per heavy atom. The molecule has 0 unspecified atom stereocenters. The molecule has 0 aliphatic carbocycles. The third-order valence-corrected chi connectivity index (χ3v) is 5.45. The van der Waals surface area contributed by atoms with Crippen molar-refractivity contribution in [3.05, 3.63) is 75.5 Å². The summed E-state index contributed by atoms with van der Waals surface area (Å²) in [6.45, 7) is 2.42. The van der Waals surface area contributed by atoms with Crippen molar-refractivity contribution in [2.24, 2.45) is 4.99 Å². The van der Waals surface area contributed by atoms with E-state index in [2.05, 4.69) is 4.99 Å². The highest BCUT2D eigenvalue weighted by Gasteiger charge is 2.30. The lowest BCUT2D eigenvalue weighted by Gasteiger charge is -2.13. The summed E-state index contributed by atoms with van der Waals surface area (Å²) < 4.78 is 40.0. The molecular formula is C20H16F3N3OS. The summed E-state index contributed by atoms with van der Waals surface area (Å²) in [6, 6.07) is 12.1. The molecular weight excluding hydrogens is 387 g/mol. The summed E-state index contributed by atoms with van der Waals surface area (Å²) in [4.78, 5) is 20.0. The number of benzene rings is 2. The molecule has 4 nitrogen and oxygen atoms in total. The number of para-hydroxylation sites is 1. The average molecular weight is 403 g/mol. The molecule has 0 bridgehead atoms. The van der Waals surface area contributed by atoms with Crippen molar-refractivity contribution < 1.29 is 18.0 Å². The molecule has 28 heavy (non-hydrogen) atoms. The molecule has 0 N–H and O–H groups in total. The quantitative estimate of drug-likeness (QED) is 0.567. The number of alkyl halides is 3. The van der Waals surface area contributed by atoms with E-state index in [4.69, 9.17) is 0 Å². The van der Waals surface area contributed by atoms with Crippen molar-refractivity contribution in [1.29, 1.82) is 0 Å². The first-order valence-corrected chi connectivity index (χ1v) is 9.45. The minimum atomic E-state index is -4.39. The minimum Gasteiger partial charge on any atom is -0.292 e. The standard InChI is InChI=1S/C20H16F3N3OS/c1-13-12-26(16-8-6-15(7-9-16)20(21,22)23)19(28-13)24-18(27)25-11-10-14-4-2-3-5-17(14)25/h2-9,12H,10-11H2,1H3/b24-19-. The van der Waals surface area contributed by atoms with Crippen LogP contribution in [0.3, 0.4) is 0 Å². The van der Waals surface area contributed by atoms with Crippen molar-refractivity contribution in [3.63, 3.8) is 0 Å². The van der Waals surface area contributed by atoms with Crippen molar-refractivity contribution in [2.45, 2.75) is 19.5 Å². The number of urea groups is 1. The van der Waals surface area contributed by atoms with Gasteiger partial charge in [-0.3, -0.25) is 9.47 Å². The molecule has 0 radical (unpaired) electrons. The molecule has 2 aromatic carbocycles. The number of thiazole rings is 1. The van der Waals surface area contributed by atoms with Gasteiger partial charge in [0, 0.05) is 29.0 Å². The molecule has 0 saturated carbocycles. The van der Waals surface area contributed by atoms with Crippen molar-refractivity contribution in [1.82, 2.24) is 4.57 Å². The highest BCUT2D eigenvalue weighted by Crippen LogP contribution is 2.30. The second-order valence-electron chi connectivity index (χ2n) is 6.46. The smallest absolute Gasteiger partial charge is 0.292 e. The Morgan fingerprint density at radius 3 is 2.54 bits per heavy atom. The van der Waals surface area contributed by atoms with Gasteiger partial charge < -0.3 is 0 Å². The monoisotopic (exact) mass is 403 g/mol. The molecule has 0 spiro atoms. The maximum Gasteiger partial charge on any atom is 0.416 e. The van der Waals surface area contributed by atoms with Gasteiger partial charge in [0.25, 0.3) is 0 Å². The van der Waals surface area contributed by atoms with E-state index in [1.807, 2.05) is 31.2 Å². The van der Waals surface area contributed by atoms with Crippen LogP contribution in [0.4, 0.5) is 23.7 Å². The number of amides is 2. The number of carbonyl (C=O) groups is 1. The topological polar surface area (TPSA) is 37.6 Å². The van der Waals surface area contributed by atoms with E-state index >= 15 is 0 Å². The third-order valence-electron chi connectivity index (χ3n) is 4.55. The number of anilines is 1. The van der Waals surface area contributed by atoms with Crippen LogP contribution in [0, 0.1) is 6.92 Å². The number of rotatable bonds is 1. The van der Waals surface area contributed by atoms with Gasteiger partial charge in [0.2, 0.25) is 0 Å². The van der Waals surface area contributed by atoms with E-state index in [-0.39, 0.29) is 6.03 Å². The molecule has 2 amide bonds. The molecule has 1 aliphatic heterocycles. The largest absolute Gasteiger partial charge is 0.416 e. The maximum absolute atomic E-state index is 12.8. The number of fused-ring (bicyclic) bond motifs is 1. The van der Waals surface area contributed by atoms with Crippen LogP contribution < -0.4 is 9.70 Å². The Kier molecular flexibility index (Phi) is 4.58. The van der Waals surface area contributed by atoms with E-state index in [0.717, 1.165) is 34.7 Å². The normalized spacial score (nSPS) is 14.4. The fourth-order valence-corrected chi connectivity index (χ4v) is 4.03. The Hall–Kier alpha value is -2.87. The van der Waals surface area contributed by atoms with Gasteiger partial charge in [0.05, 0.1) is 5.56 Å². The number of aryl methyl sites for hydroxylation is 1. The van der Waals surface area contributed by atoms with Gasteiger partial charge >= 0.3 is 12.2 Å². The van der Waals surface area contributed by atoms with Crippen LogP contribution in [-0.2, 0) is 12.6 Å². The maximum atomic E-state index is 12.8. The Labute approximate surface area is 163 Å². The molecule has 0 fully saturated rings. The lowest BCUT2D eigenvalue weighted by molar-refractivity contribution is -0.137. The number of nitrogens with zero attached hydrogens (tertiary/aromatic N) is 3. The highest BCUT2D eigenvalue weighted by molar-refractivity contribution is 7.09. The molecule has 4 rings (SSSR count). The van der Waals surface area contributed by atoms with Crippen LogP contribution in [0.25, 0.3) is 5.69 Å². The van der Waals surface area contributed by atoms with Gasteiger partial charge in [-0.2, -0.15) is 18.2 Å². The molecule has 8 heteroatoms.